The van der Waals surface area contributed by atoms with E-state index in [1.54, 1.807) is 0 Å². The molecule has 0 radical (unpaired) electrons. The van der Waals surface area contributed by atoms with E-state index in [4.69, 9.17) is 0 Å². The molecule has 1 aromatic heterocycles. The minimum Gasteiger partial charge on any atom is -0.480 e. The number of aromatic nitrogens is 1. The highest BCUT2D eigenvalue weighted by Crippen LogP contribution is 2.27. The molecule has 1 saturated heterocycles. The van der Waals surface area contributed by atoms with E-state index < -0.39 is 12.0 Å². The van der Waals surface area contributed by atoms with Gasteiger partial charge in [-0.05, 0) is 61.2 Å². The largest absolute Gasteiger partial charge is 0.480 e. The van der Waals surface area contributed by atoms with Crippen LogP contribution in [0.4, 0.5) is 0 Å². The van der Waals surface area contributed by atoms with E-state index in [1.165, 1.54) is 5.56 Å². The zero-order valence-electron chi connectivity index (χ0n) is 15.6. The van der Waals surface area contributed by atoms with Crippen molar-refractivity contribution in [3.63, 3.8) is 0 Å². The SMILES string of the molecule is Cc1cccc([C@H](C(=O)O)N2CCCN(Cc3ccncc3)CC2)c1C. The first-order chi connectivity index (χ1) is 12.6. The van der Waals surface area contributed by atoms with Crippen molar-refractivity contribution in [2.24, 2.45) is 0 Å². The summed E-state index contributed by atoms with van der Waals surface area (Å²) < 4.78 is 0. The molecule has 0 unspecified atom stereocenters. The molecule has 5 nitrogen and oxygen atoms in total. The highest BCUT2D eigenvalue weighted by atomic mass is 16.4. The summed E-state index contributed by atoms with van der Waals surface area (Å²) in [5, 5.41) is 9.92. The topological polar surface area (TPSA) is 56.7 Å². The van der Waals surface area contributed by atoms with Crippen molar-refractivity contribution in [2.75, 3.05) is 26.2 Å². The van der Waals surface area contributed by atoms with E-state index in [0.717, 1.165) is 55.8 Å². The van der Waals surface area contributed by atoms with Crippen molar-refractivity contribution < 1.29 is 9.90 Å². The lowest BCUT2D eigenvalue weighted by molar-refractivity contribution is -0.143. The third kappa shape index (κ3) is 4.29. The van der Waals surface area contributed by atoms with Crippen LogP contribution in [0.3, 0.4) is 0 Å². The number of carboxylic acid groups (broad SMARTS) is 1. The Morgan fingerprint density at radius 2 is 1.88 bits per heavy atom. The standard InChI is InChI=1S/C21H27N3O2/c1-16-5-3-6-19(17(16)2)20(21(25)26)24-12-4-11-23(13-14-24)15-18-7-9-22-10-8-18/h3,5-10,20H,4,11-15H2,1-2H3,(H,25,26)/t20-/m1/s1. The molecule has 1 atom stereocenters. The van der Waals surface area contributed by atoms with Crippen molar-refractivity contribution >= 4 is 5.97 Å². The molecule has 1 fully saturated rings. The molecule has 26 heavy (non-hydrogen) atoms. The zero-order valence-corrected chi connectivity index (χ0v) is 15.6. The van der Waals surface area contributed by atoms with Gasteiger partial charge in [0.05, 0.1) is 0 Å². The molecule has 3 rings (SSSR count). The number of carboxylic acids is 1. The second-order valence-electron chi connectivity index (χ2n) is 7.05. The molecule has 1 aliphatic heterocycles. The van der Waals surface area contributed by atoms with Crippen LogP contribution in [0, 0.1) is 13.8 Å². The summed E-state index contributed by atoms with van der Waals surface area (Å²) >= 11 is 0. The second kappa shape index (κ2) is 8.43. The van der Waals surface area contributed by atoms with Crippen LogP contribution >= 0.6 is 0 Å². The van der Waals surface area contributed by atoms with Gasteiger partial charge in [-0.1, -0.05) is 18.2 Å². The Hall–Kier alpha value is -2.24. The summed E-state index contributed by atoms with van der Waals surface area (Å²) in [6.45, 7) is 8.36. The van der Waals surface area contributed by atoms with Gasteiger partial charge in [0.25, 0.3) is 0 Å². The summed E-state index contributed by atoms with van der Waals surface area (Å²) in [6.07, 6.45) is 4.61. The lowest BCUT2D eigenvalue weighted by atomic mass is 9.96. The Labute approximate surface area is 155 Å². The van der Waals surface area contributed by atoms with Gasteiger partial charge in [0, 0.05) is 38.6 Å². The molecular weight excluding hydrogens is 326 g/mol. The maximum absolute atomic E-state index is 12.1. The van der Waals surface area contributed by atoms with E-state index in [1.807, 2.05) is 56.6 Å². The quantitative estimate of drug-likeness (QED) is 0.895. The average Bonchev–Trinajstić information content (AvgIpc) is 2.85. The third-order valence-electron chi connectivity index (χ3n) is 5.32. The fourth-order valence-corrected chi connectivity index (χ4v) is 3.71. The summed E-state index contributed by atoms with van der Waals surface area (Å²) in [4.78, 5) is 20.7. The molecular formula is C21H27N3O2. The molecule has 5 heteroatoms. The Morgan fingerprint density at radius 1 is 1.12 bits per heavy atom. The smallest absolute Gasteiger partial charge is 0.325 e. The molecule has 0 bridgehead atoms. The number of benzene rings is 1. The fraction of sp³-hybridized carbons (Fsp3) is 0.429. The Balaban J connectivity index is 1.73. The Kier molecular flexibility index (Phi) is 6.01. The average molecular weight is 353 g/mol. The molecule has 0 amide bonds. The summed E-state index contributed by atoms with van der Waals surface area (Å²) in [6, 6.07) is 9.46. The molecule has 0 saturated carbocycles. The van der Waals surface area contributed by atoms with E-state index in [9.17, 15) is 9.90 Å². The number of aliphatic carboxylic acids is 1. The molecule has 0 spiro atoms. The van der Waals surface area contributed by atoms with Crippen molar-refractivity contribution in [2.45, 2.75) is 32.9 Å². The van der Waals surface area contributed by atoms with Gasteiger partial charge in [-0.25, -0.2) is 0 Å². The van der Waals surface area contributed by atoms with Gasteiger partial charge in [-0.15, -0.1) is 0 Å². The minimum absolute atomic E-state index is 0.573. The highest BCUT2D eigenvalue weighted by Gasteiger charge is 2.30. The van der Waals surface area contributed by atoms with Gasteiger partial charge in [-0.3, -0.25) is 19.6 Å². The van der Waals surface area contributed by atoms with Crippen molar-refractivity contribution in [1.82, 2.24) is 14.8 Å². The van der Waals surface area contributed by atoms with Gasteiger partial charge in [0.1, 0.15) is 6.04 Å². The van der Waals surface area contributed by atoms with Crippen LogP contribution in [-0.4, -0.2) is 52.0 Å². The summed E-state index contributed by atoms with van der Waals surface area (Å²) in [7, 11) is 0. The van der Waals surface area contributed by atoms with Crippen LogP contribution in [0.1, 0.15) is 34.7 Å². The number of nitrogens with zero attached hydrogens (tertiary/aromatic N) is 3. The van der Waals surface area contributed by atoms with Gasteiger partial charge in [0.15, 0.2) is 0 Å². The Morgan fingerprint density at radius 3 is 2.62 bits per heavy atom. The highest BCUT2D eigenvalue weighted by molar-refractivity contribution is 5.76. The fourth-order valence-electron chi connectivity index (χ4n) is 3.71. The second-order valence-corrected chi connectivity index (χ2v) is 7.05. The van der Waals surface area contributed by atoms with Crippen LogP contribution in [0.15, 0.2) is 42.7 Å². The van der Waals surface area contributed by atoms with Gasteiger partial charge >= 0.3 is 5.97 Å². The van der Waals surface area contributed by atoms with Crippen molar-refractivity contribution in [3.8, 4) is 0 Å². The first-order valence-corrected chi connectivity index (χ1v) is 9.20. The first-order valence-electron chi connectivity index (χ1n) is 9.20. The van der Waals surface area contributed by atoms with Gasteiger partial charge in [0.2, 0.25) is 0 Å². The van der Waals surface area contributed by atoms with Crippen LogP contribution in [-0.2, 0) is 11.3 Å². The van der Waals surface area contributed by atoms with Crippen LogP contribution in [0.5, 0.6) is 0 Å². The van der Waals surface area contributed by atoms with Crippen LogP contribution in [0.25, 0.3) is 0 Å². The van der Waals surface area contributed by atoms with Gasteiger partial charge < -0.3 is 5.11 Å². The van der Waals surface area contributed by atoms with Crippen LogP contribution in [0.2, 0.25) is 0 Å². The maximum atomic E-state index is 12.1. The number of pyridine rings is 1. The first kappa shape index (κ1) is 18.5. The summed E-state index contributed by atoms with van der Waals surface area (Å²) in [5.74, 6) is -0.763. The lowest BCUT2D eigenvalue weighted by Crippen LogP contribution is -2.37. The molecule has 1 aromatic carbocycles. The predicted octanol–water partition coefficient (Wildman–Crippen LogP) is 3.03. The maximum Gasteiger partial charge on any atom is 0.325 e. The summed E-state index contributed by atoms with van der Waals surface area (Å²) in [5.41, 5.74) is 4.39. The van der Waals surface area contributed by atoms with E-state index in [-0.39, 0.29) is 0 Å². The monoisotopic (exact) mass is 353 g/mol. The number of hydrogen-bond donors (Lipinski definition) is 1. The molecule has 0 aliphatic carbocycles. The minimum atomic E-state index is -0.763. The molecule has 1 N–H and O–H groups in total. The van der Waals surface area contributed by atoms with Crippen molar-refractivity contribution in [1.29, 1.82) is 0 Å². The lowest BCUT2D eigenvalue weighted by Gasteiger charge is -2.29. The van der Waals surface area contributed by atoms with E-state index >= 15 is 0 Å². The number of carbonyl (C=O) groups is 1. The molecule has 2 heterocycles. The van der Waals surface area contributed by atoms with Crippen molar-refractivity contribution in [3.05, 3.63) is 65.0 Å². The number of rotatable bonds is 5. The van der Waals surface area contributed by atoms with E-state index in [0.29, 0.717) is 0 Å². The third-order valence-corrected chi connectivity index (χ3v) is 5.32. The molecule has 1 aliphatic rings. The molecule has 2 aromatic rings. The van der Waals surface area contributed by atoms with E-state index in [2.05, 4.69) is 14.8 Å². The predicted molar refractivity (Wildman–Crippen MR) is 102 cm³/mol. The number of aryl methyl sites for hydroxylation is 1. The molecule has 138 valence electrons. The van der Waals surface area contributed by atoms with Crippen LogP contribution < -0.4 is 0 Å². The normalized spacial score (nSPS) is 17.6. The zero-order chi connectivity index (χ0) is 18.5. The van der Waals surface area contributed by atoms with Gasteiger partial charge in [-0.2, -0.15) is 0 Å². The number of hydrogen-bond acceptors (Lipinski definition) is 4. The Bertz CT molecular complexity index is 748.